The number of sulfonamides is 1. The zero-order valence-electron chi connectivity index (χ0n) is 20.1. The predicted molar refractivity (Wildman–Crippen MR) is 128 cm³/mol. The van der Waals surface area contributed by atoms with E-state index < -0.39 is 33.7 Å². The van der Waals surface area contributed by atoms with E-state index in [0.717, 1.165) is 29.1 Å². The van der Waals surface area contributed by atoms with Crippen LogP contribution >= 0.6 is 0 Å². The zero-order chi connectivity index (χ0) is 26.7. The van der Waals surface area contributed by atoms with Crippen LogP contribution in [0.15, 0.2) is 48.5 Å². The van der Waals surface area contributed by atoms with E-state index in [0.29, 0.717) is 13.1 Å². The van der Waals surface area contributed by atoms with Crippen molar-refractivity contribution in [3.63, 3.8) is 0 Å². The molecule has 0 saturated carbocycles. The van der Waals surface area contributed by atoms with Gasteiger partial charge < -0.3 is 9.64 Å². The third-order valence-corrected chi connectivity index (χ3v) is 7.22. The smallest absolute Gasteiger partial charge is 0.416 e. The van der Waals surface area contributed by atoms with Gasteiger partial charge in [-0.05, 0) is 69.0 Å². The Hall–Kier alpha value is -2.87. The lowest BCUT2D eigenvalue weighted by molar-refractivity contribution is -0.137. The molecule has 13 heteroatoms. The molecule has 1 heterocycles. The first-order valence-corrected chi connectivity index (χ1v) is 12.9. The summed E-state index contributed by atoms with van der Waals surface area (Å²) in [7, 11) is 0.0286. The van der Waals surface area contributed by atoms with Gasteiger partial charge in [0.1, 0.15) is 17.5 Å². The van der Waals surface area contributed by atoms with E-state index >= 15 is 0 Å². The Kier molecular flexibility index (Phi) is 8.49. The summed E-state index contributed by atoms with van der Waals surface area (Å²) in [5.41, 5.74) is 1.10. The van der Waals surface area contributed by atoms with Gasteiger partial charge >= 0.3 is 6.18 Å². The molecule has 1 amide bonds. The van der Waals surface area contributed by atoms with Crippen molar-refractivity contribution in [2.45, 2.75) is 24.7 Å². The second kappa shape index (κ2) is 11.0. The molecule has 1 aliphatic heterocycles. The van der Waals surface area contributed by atoms with Crippen LogP contribution in [0.1, 0.15) is 12.0 Å². The van der Waals surface area contributed by atoms with Gasteiger partial charge in [0, 0.05) is 19.1 Å². The summed E-state index contributed by atoms with van der Waals surface area (Å²) in [5.74, 6) is -0.254. The van der Waals surface area contributed by atoms with Gasteiger partial charge in [0.05, 0.1) is 24.1 Å². The molecule has 9 nitrogen and oxygen atoms in total. The van der Waals surface area contributed by atoms with Gasteiger partial charge in [0.15, 0.2) is 0 Å². The van der Waals surface area contributed by atoms with E-state index in [-0.39, 0.29) is 29.8 Å². The third kappa shape index (κ3) is 6.87. The number of likely N-dealkylation sites (N-methyl/N-ethyl adjacent to an activating group) is 1. The fourth-order valence-corrected chi connectivity index (χ4v) is 4.95. The fourth-order valence-electron chi connectivity index (χ4n) is 4.03. The summed E-state index contributed by atoms with van der Waals surface area (Å²) in [4.78, 5) is 16.3. The fraction of sp³-hybridized carbons (Fsp3) is 0.435. The van der Waals surface area contributed by atoms with Crippen LogP contribution in [0.3, 0.4) is 0 Å². The lowest BCUT2D eigenvalue weighted by Crippen LogP contribution is -2.53. The van der Waals surface area contributed by atoms with Crippen LogP contribution < -0.4 is 14.5 Å². The molecule has 3 rings (SSSR count). The lowest BCUT2D eigenvalue weighted by atomic mass is 10.2. The minimum absolute atomic E-state index is 0.180. The number of alkyl halides is 3. The van der Waals surface area contributed by atoms with Gasteiger partial charge in [0.2, 0.25) is 10.0 Å². The van der Waals surface area contributed by atoms with Gasteiger partial charge in [0.25, 0.3) is 5.91 Å². The number of carbonyl (C=O) groups excluding carboxylic acids is 1. The van der Waals surface area contributed by atoms with Crippen molar-refractivity contribution in [3.05, 3.63) is 54.1 Å². The molecule has 0 aromatic heterocycles. The van der Waals surface area contributed by atoms with Crippen molar-refractivity contribution in [1.82, 2.24) is 15.3 Å². The highest BCUT2D eigenvalue weighted by molar-refractivity contribution is 7.92. The van der Waals surface area contributed by atoms with Gasteiger partial charge in [-0.25, -0.2) is 13.9 Å². The molecule has 1 fully saturated rings. The summed E-state index contributed by atoms with van der Waals surface area (Å²) in [6.07, 6.45) is -2.65. The molecule has 1 aliphatic rings. The summed E-state index contributed by atoms with van der Waals surface area (Å²) >= 11 is 0. The number of likely N-dealkylation sites (tertiary alicyclic amines) is 1. The van der Waals surface area contributed by atoms with E-state index in [4.69, 9.17) is 4.74 Å². The molecule has 2 aromatic rings. The molecule has 0 radical (unpaired) electrons. The number of nitrogens with zero attached hydrogens (tertiary/aromatic N) is 3. The van der Waals surface area contributed by atoms with Crippen LogP contribution in [0.5, 0.6) is 11.5 Å². The summed E-state index contributed by atoms with van der Waals surface area (Å²) < 4.78 is 70.1. The molecular formula is C23H29F3N4O5S. The van der Waals surface area contributed by atoms with Crippen molar-refractivity contribution in [2.24, 2.45) is 0 Å². The molecule has 0 spiro atoms. The van der Waals surface area contributed by atoms with E-state index in [1.807, 2.05) is 23.9 Å². The first-order valence-electron chi connectivity index (χ1n) is 11.1. The van der Waals surface area contributed by atoms with Gasteiger partial charge in [-0.3, -0.25) is 19.2 Å². The first kappa shape index (κ1) is 27.7. The number of benzene rings is 2. The van der Waals surface area contributed by atoms with Gasteiger partial charge in [-0.1, -0.05) is 0 Å². The molecule has 0 bridgehead atoms. The molecule has 0 aliphatic carbocycles. The van der Waals surface area contributed by atoms with Crippen molar-refractivity contribution < 1.29 is 36.3 Å². The highest BCUT2D eigenvalue weighted by Gasteiger charge is 2.36. The monoisotopic (exact) mass is 530 g/mol. The van der Waals surface area contributed by atoms with E-state index in [2.05, 4.69) is 0 Å². The van der Waals surface area contributed by atoms with Crippen LogP contribution in [0.4, 0.5) is 18.9 Å². The Morgan fingerprint density at radius 1 is 1.14 bits per heavy atom. The Balaban J connectivity index is 1.78. The number of halogens is 3. The minimum atomic E-state index is -4.46. The van der Waals surface area contributed by atoms with E-state index in [1.165, 1.54) is 36.4 Å². The number of nitrogens with one attached hydrogen (secondary N) is 1. The number of rotatable bonds is 9. The van der Waals surface area contributed by atoms with Crippen LogP contribution in [-0.4, -0.2) is 81.4 Å². The second-order valence-corrected chi connectivity index (χ2v) is 10.7. The Labute approximate surface area is 208 Å². The zero-order valence-corrected chi connectivity index (χ0v) is 20.9. The molecule has 2 unspecified atom stereocenters. The third-order valence-electron chi connectivity index (χ3n) is 6.06. The maximum Gasteiger partial charge on any atom is 0.416 e. The van der Waals surface area contributed by atoms with Crippen LogP contribution in [0.25, 0.3) is 0 Å². The largest absolute Gasteiger partial charge is 0.457 e. The van der Waals surface area contributed by atoms with Crippen molar-refractivity contribution >= 4 is 21.6 Å². The molecule has 36 heavy (non-hydrogen) atoms. The van der Waals surface area contributed by atoms with Gasteiger partial charge in [-0.2, -0.15) is 13.2 Å². The average Bonchev–Trinajstić information content (AvgIpc) is 3.29. The van der Waals surface area contributed by atoms with E-state index in [1.54, 1.807) is 5.48 Å². The number of hydrogen-bond donors (Lipinski definition) is 2. The standard InChI is InChI=1S/C23H29F3N4O5S/c1-28(2)18-12-13-29(14-18)21(22(31)27-32)15-30(36(3,33)34)17-6-10-20(11-7-17)35-19-8-4-16(5-9-19)23(24,25)26/h4-11,18,21,32H,12-15H2,1-3H3,(H,27,31). The maximum atomic E-state index is 12.7. The quantitative estimate of drug-likeness (QED) is 0.380. The maximum absolute atomic E-state index is 12.7. The summed E-state index contributed by atoms with van der Waals surface area (Å²) in [6, 6.07) is 9.34. The SMILES string of the molecule is CN(C)C1CCN(C(CN(c2ccc(Oc3ccc(C(F)(F)F)cc3)cc2)S(C)(=O)=O)C(=O)NO)C1. The van der Waals surface area contributed by atoms with Crippen LogP contribution in [0, 0.1) is 0 Å². The van der Waals surface area contributed by atoms with Crippen molar-refractivity contribution in [3.8, 4) is 11.5 Å². The van der Waals surface area contributed by atoms with Crippen molar-refractivity contribution in [2.75, 3.05) is 44.3 Å². The van der Waals surface area contributed by atoms with Crippen molar-refractivity contribution in [1.29, 1.82) is 0 Å². The molecule has 2 atom stereocenters. The number of amides is 1. The molecule has 198 valence electrons. The topological polar surface area (TPSA) is 102 Å². The molecular weight excluding hydrogens is 501 g/mol. The first-order chi connectivity index (χ1) is 16.8. The van der Waals surface area contributed by atoms with E-state index in [9.17, 15) is 31.6 Å². The second-order valence-electron chi connectivity index (χ2n) is 8.81. The molecule has 2 N–H and O–H groups in total. The summed E-state index contributed by atoms with van der Waals surface area (Å²) in [6.45, 7) is 0.853. The lowest BCUT2D eigenvalue weighted by Gasteiger charge is -2.32. The summed E-state index contributed by atoms with van der Waals surface area (Å²) in [5, 5.41) is 9.28. The van der Waals surface area contributed by atoms with Gasteiger partial charge in [-0.15, -0.1) is 0 Å². The number of hydrogen-bond acceptors (Lipinski definition) is 7. The number of ether oxygens (including phenoxy) is 1. The van der Waals surface area contributed by atoms with Crippen LogP contribution in [-0.2, 0) is 21.0 Å². The highest BCUT2D eigenvalue weighted by Crippen LogP contribution is 2.32. The Bertz CT molecular complexity index is 1140. The Morgan fingerprint density at radius 2 is 1.69 bits per heavy atom. The number of hydroxylamine groups is 1. The normalized spacial score (nSPS) is 17.7. The molecule has 1 saturated heterocycles. The minimum Gasteiger partial charge on any atom is -0.457 e. The Morgan fingerprint density at radius 3 is 2.14 bits per heavy atom. The number of anilines is 1. The average molecular weight is 531 g/mol. The number of carbonyl (C=O) groups is 1. The van der Waals surface area contributed by atoms with Crippen LogP contribution in [0.2, 0.25) is 0 Å². The predicted octanol–water partition coefficient (Wildman–Crippen LogP) is 2.77. The highest BCUT2D eigenvalue weighted by atomic mass is 32.2. The molecule has 2 aromatic carbocycles.